The Morgan fingerprint density at radius 3 is 2.36 bits per heavy atom. The molecule has 2 aromatic rings. The fourth-order valence-corrected chi connectivity index (χ4v) is 4.41. The van der Waals surface area contributed by atoms with E-state index >= 15 is 0 Å². The van der Waals surface area contributed by atoms with Crippen molar-refractivity contribution in [1.29, 1.82) is 0 Å². The van der Waals surface area contributed by atoms with Gasteiger partial charge >= 0.3 is 0 Å². The number of ether oxygens (including phenoxy) is 1. The summed E-state index contributed by atoms with van der Waals surface area (Å²) < 4.78 is 31.7. The largest absolute Gasteiger partial charge is 0.495 e. The highest BCUT2D eigenvalue weighted by Gasteiger charge is 2.35. The Balaban J connectivity index is 2.44. The summed E-state index contributed by atoms with van der Waals surface area (Å²) in [5.74, 6) is 0.0191. The highest BCUT2D eigenvalue weighted by atomic mass is 35.5. The van der Waals surface area contributed by atoms with Crippen LogP contribution in [0.15, 0.2) is 48.5 Å². The van der Waals surface area contributed by atoms with Crippen molar-refractivity contribution in [2.75, 3.05) is 24.7 Å². The van der Waals surface area contributed by atoms with Crippen molar-refractivity contribution in [1.82, 2.24) is 4.90 Å². The number of anilines is 1. The van der Waals surface area contributed by atoms with E-state index in [1.807, 2.05) is 30.3 Å². The van der Waals surface area contributed by atoms with E-state index in [0.29, 0.717) is 23.7 Å². The van der Waals surface area contributed by atoms with E-state index in [2.05, 4.69) is 0 Å². The maximum absolute atomic E-state index is 13.2. The lowest BCUT2D eigenvalue weighted by Crippen LogP contribution is -2.49. The van der Waals surface area contributed by atoms with Crippen LogP contribution in [0.1, 0.15) is 18.9 Å². The maximum atomic E-state index is 13.2. The zero-order chi connectivity index (χ0) is 20.9. The molecule has 1 atom stereocenters. The van der Waals surface area contributed by atoms with Gasteiger partial charge in [0.25, 0.3) is 0 Å². The summed E-state index contributed by atoms with van der Waals surface area (Å²) in [6.45, 7) is 2.15. The van der Waals surface area contributed by atoms with Gasteiger partial charge in [-0.05, 0) is 30.2 Å². The van der Waals surface area contributed by atoms with Crippen LogP contribution in [0, 0.1) is 0 Å². The molecule has 0 bridgehead atoms. The molecular weight excluding hydrogens is 400 g/mol. The second-order valence-corrected chi connectivity index (χ2v) is 8.77. The van der Waals surface area contributed by atoms with Gasteiger partial charge in [-0.1, -0.05) is 48.9 Å². The normalized spacial score (nSPS) is 12.3. The molecule has 0 aliphatic carbocycles. The van der Waals surface area contributed by atoms with E-state index in [1.165, 1.54) is 18.1 Å². The van der Waals surface area contributed by atoms with Crippen molar-refractivity contribution in [3.05, 3.63) is 59.1 Å². The Bertz CT molecular complexity index is 919. The smallest absolute Gasteiger partial charge is 0.246 e. The molecule has 0 radical (unpaired) electrons. The van der Waals surface area contributed by atoms with Crippen LogP contribution < -0.4 is 9.04 Å². The van der Waals surface area contributed by atoms with Crippen LogP contribution in [0.3, 0.4) is 0 Å². The van der Waals surface area contributed by atoms with E-state index in [9.17, 15) is 13.2 Å². The summed E-state index contributed by atoms with van der Waals surface area (Å²) in [5, 5.41) is 0.351. The van der Waals surface area contributed by atoms with Crippen LogP contribution >= 0.6 is 11.6 Å². The highest BCUT2D eigenvalue weighted by Crippen LogP contribution is 2.35. The molecule has 2 aromatic carbocycles. The molecule has 0 fully saturated rings. The monoisotopic (exact) mass is 424 g/mol. The van der Waals surface area contributed by atoms with E-state index in [0.717, 1.165) is 16.1 Å². The van der Waals surface area contributed by atoms with Crippen LogP contribution in [0.5, 0.6) is 5.75 Å². The number of benzene rings is 2. The molecule has 8 heteroatoms. The van der Waals surface area contributed by atoms with Crippen molar-refractivity contribution in [2.45, 2.75) is 25.9 Å². The van der Waals surface area contributed by atoms with Crippen LogP contribution in [0.2, 0.25) is 5.02 Å². The molecule has 28 heavy (non-hydrogen) atoms. The van der Waals surface area contributed by atoms with Crippen molar-refractivity contribution >= 4 is 33.2 Å². The minimum absolute atomic E-state index is 0.241. The summed E-state index contributed by atoms with van der Waals surface area (Å²) in [6.07, 6.45) is 1.36. The topological polar surface area (TPSA) is 66.9 Å². The fraction of sp³-hybridized carbons (Fsp3) is 0.350. The number of hydrogen-bond donors (Lipinski definition) is 0. The molecule has 0 aliphatic heterocycles. The average molecular weight is 425 g/mol. The Kier molecular flexibility index (Phi) is 7.32. The molecule has 0 spiro atoms. The summed E-state index contributed by atoms with van der Waals surface area (Å²) in [7, 11) is -0.681. The first-order valence-corrected chi connectivity index (χ1v) is 11.0. The third-order valence-corrected chi connectivity index (χ3v) is 5.73. The number of amides is 1. The number of methoxy groups -OCH3 is 1. The lowest BCUT2D eigenvalue weighted by atomic mass is 10.1. The van der Waals surface area contributed by atoms with Crippen LogP contribution in [0.4, 0.5) is 5.69 Å². The summed E-state index contributed by atoms with van der Waals surface area (Å²) in [4.78, 5) is 14.7. The summed E-state index contributed by atoms with van der Waals surface area (Å²) >= 11 is 6.09. The van der Waals surface area contributed by atoms with Crippen LogP contribution in [-0.2, 0) is 21.4 Å². The molecule has 0 N–H and O–H groups in total. The molecule has 0 saturated carbocycles. The zero-order valence-corrected chi connectivity index (χ0v) is 18.0. The molecule has 0 saturated heterocycles. The van der Waals surface area contributed by atoms with Crippen molar-refractivity contribution in [3.8, 4) is 5.75 Å². The van der Waals surface area contributed by atoms with Crippen molar-refractivity contribution in [2.24, 2.45) is 0 Å². The Morgan fingerprint density at radius 2 is 1.82 bits per heavy atom. The Morgan fingerprint density at radius 1 is 1.18 bits per heavy atom. The van der Waals surface area contributed by atoms with Crippen LogP contribution in [-0.4, -0.2) is 45.7 Å². The van der Waals surface area contributed by atoms with E-state index in [-0.39, 0.29) is 11.6 Å². The van der Waals surface area contributed by atoms with Gasteiger partial charge in [0, 0.05) is 18.6 Å². The second kappa shape index (κ2) is 9.30. The predicted octanol–water partition coefficient (Wildman–Crippen LogP) is 3.55. The SMILES string of the molecule is CC[C@@H](C(=O)N(C)Cc1ccccc1)N(c1cc(Cl)ccc1OC)S(C)(=O)=O. The Hall–Kier alpha value is -2.25. The van der Waals surface area contributed by atoms with Gasteiger partial charge in [-0.15, -0.1) is 0 Å². The van der Waals surface area contributed by atoms with Gasteiger partial charge in [0.1, 0.15) is 11.8 Å². The predicted molar refractivity (Wildman–Crippen MR) is 112 cm³/mol. The minimum atomic E-state index is -3.78. The first-order chi connectivity index (χ1) is 13.2. The number of carbonyl (C=O) groups is 1. The van der Waals surface area contributed by atoms with Gasteiger partial charge in [-0.25, -0.2) is 8.42 Å². The minimum Gasteiger partial charge on any atom is -0.495 e. The summed E-state index contributed by atoms with van der Waals surface area (Å²) in [5.41, 5.74) is 1.20. The molecule has 2 rings (SSSR count). The zero-order valence-electron chi connectivity index (χ0n) is 16.4. The quantitative estimate of drug-likeness (QED) is 0.649. The van der Waals surface area contributed by atoms with Gasteiger partial charge in [-0.2, -0.15) is 0 Å². The molecule has 0 aliphatic rings. The molecule has 152 valence electrons. The maximum Gasteiger partial charge on any atom is 0.246 e. The van der Waals surface area contributed by atoms with Gasteiger partial charge in [-0.3, -0.25) is 9.10 Å². The van der Waals surface area contributed by atoms with Crippen molar-refractivity contribution in [3.63, 3.8) is 0 Å². The van der Waals surface area contributed by atoms with Gasteiger partial charge in [0.15, 0.2) is 0 Å². The van der Waals surface area contributed by atoms with Gasteiger partial charge in [0.2, 0.25) is 15.9 Å². The standard InChI is InChI=1S/C20H25ClN2O4S/c1-5-17(20(24)22(2)14-15-9-7-6-8-10-15)23(28(4,25)26)18-13-16(21)11-12-19(18)27-3/h6-13,17H,5,14H2,1-4H3/t17-/m0/s1. The third-order valence-electron chi connectivity index (χ3n) is 4.33. The molecule has 1 amide bonds. The average Bonchev–Trinajstić information content (AvgIpc) is 2.65. The first kappa shape index (κ1) is 22.0. The van der Waals surface area contributed by atoms with Crippen molar-refractivity contribution < 1.29 is 17.9 Å². The van der Waals surface area contributed by atoms with Crippen LogP contribution in [0.25, 0.3) is 0 Å². The number of hydrogen-bond acceptors (Lipinski definition) is 4. The van der Waals surface area contributed by atoms with E-state index in [4.69, 9.17) is 16.3 Å². The van der Waals surface area contributed by atoms with E-state index < -0.39 is 16.1 Å². The Labute approximate surface area is 171 Å². The lowest BCUT2D eigenvalue weighted by molar-refractivity contribution is -0.131. The molecule has 0 unspecified atom stereocenters. The van der Waals surface area contributed by atoms with Gasteiger partial charge < -0.3 is 9.64 Å². The summed E-state index contributed by atoms with van der Waals surface area (Å²) in [6, 6.07) is 13.3. The third kappa shape index (κ3) is 5.17. The highest BCUT2D eigenvalue weighted by molar-refractivity contribution is 7.92. The number of rotatable bonds is 8. The first-order valence-electron chi connectivity index (χ1n) is 8.80. The number of carbonyl (C=O) groups excluding carboxylic acids is 1. The fourth-order valence-electron chi connectivity index (χ4n) is 3.04. The lowest BCUT2D eigenvalue weighted by Gasteiger charge is -2.33. The van der Waals surface area contributed by atoms with Gasteiger partial charge in [0.05, 0.1) is 19.1 Å². The number of likely N-dealkylation sites (N-methyl/N-ethyl adjacent to an activating group) is 1. The van der Waals surface area contributed by atoms with E-state index in [1.54, 1.807) is 26.1 Å². The molecule has 0 heterocycles. The number of sulfonamides is 1. The number of halogens is 1. The second-order valence-electron chi connectivity index (χ2n) is 6.48. The number of nitrogens with zero attached hydrogens (tertiary/aromatic N) is 2. The molecular formula is C20H25ClN2O4S. The molecule has 6 nitrogen and oxygen atoms in total. The molecule has 0 aromatic heterocycles.